The Morgan fingerprint density at radius 3 is 2.65 bits per heavy atom. The molecule has 20 heavy (non-hydrogen) atoms. The molecule has 2 fully saturated rings. The van der Waals surface area contributed by atoms with Crippen LogP contribution in [-0.4, -0.2) is 47.6 Å². The molecule has 3 N–H and O–H groups in total. The maximum atomic E-state index is 12.1. The Morgan fingerprint density at radius 2 is 2.10 bits per heavy atom. The lowest BCUT2D eigenvalue weighted by atomic mass is 9.71. The Hall–Kier alpha value is -0.750. The summed E-state index contributed by atoms with van der Waals surface area (Å²) in [6.07, 6.45) is 3.19. The first-order chi connectivity index (χ1) is 9.53. The van der Waals surface area contributed by atoms with Crippen LogP contribution in [0.4, 0.5) is 0 Å². The summed E-state index contributed by atoms with van der Waals surface area (Å²) in [6, 6.07) is -0.179. The highest BCUT2D eigenvalue weighted by molar-refractivity contribution is 7.99. The summed E-state index contributed by atoms with van der Waals surface area (Å²) in [6.45, 7) is 3.26. The summed E-state index contributed by atoms with van der Waals surface area (Å²) in [7, 11) is 0. The fourth-order valence-electron chi connectivity index (χ4n) is 2.89. The molecule has 0 spiro atoms. The zero-order chi connectivity index (χ0) is 14.6. The third-order valence-electron chi connectivity index (χ3n) is 4.52. The number of carbonyl (C=O) groups is 2. The molecule has 0 aromatic heterocycles. The van der Waals surface area contributed by atoms with Crippen molar-refractivity contribution in [1.82, 2.24) is 10.6 Å². The van der Waals surface area contributed by atoms with Gasteiger partial charge in [-0.3, -0.25) is 9.59 Å². The summed E-state index contributed by atoms with van der Waals surface area (Å²) in [5, 5.41) is 15.6. The van der Waals surface area contributed by atoms with Crippen LogP contribution in [0.15, 0.2) is 0 Å². The molecule has 0 bridgehead atoms. The summed E-state index contributed by atoms with van der Waals surface area (Å²) in [5.41, 5.74) is -0.760. The molecule has 114 valence electrons. The molecule has 1 aliphatic heterocycles. The van der Waals surface area contributed by atoms with Crippen molar-refractivity contribution in [3.05, 3.63) is 0 Å². The van der Waals surface area contributed by atoms with E-state index in [1.807, 2.05) is 0 Å². The van der Waals surface area contributed by atoms with E-state index in [0.717, 1.165) is 30.9 Å². The fourth-order valence-corrected chi connectivity index (χ4v) is 3.83. The van der Waals surface area contributed by atoms with Gasteiger partial charge in [0, 0.05) is 24.6 Å². The van der Waals surface area contributed by atoms with Gasteiger partial charge in [-0.2, -0.15) is 11.8 Å². The molecule has 1 saturated carbocycles. The van der Waals surface area contributed by atoms with E-state index >= 15 is 0 Å². The van der Waals surface area contributed by atoms with Gasteiger partial charge in [-0.15, -0.1) is 0 Å². The average Bonchev–Trinajstić information content (AvgIpc) is 2.47. The average molecular weight is 300 g/mol. The van der Waals surface area contributed by atoms with Gasteiger partial charge in [0.15, 0.2) is 0 Å². The number of amides is 1. The van der Waals surface area contributed by atoms with Crippen molar-refractivity contribution >= 4 is 23.6 Å². The van der Waals surface area contributed by atoms with Gasteiger partial charge in [-0.1, -0.05) is 6.92 Å². The maximum absolute atomic E-state index is 12.1. The Balaban J connectivity index is 1.89. The van der Waals surface area contributed by atoms with Crippen LogP contribution in [0, 0.1) is 11.3 Å². The molecule has 0 aromatic rings. The minimum Gasteiger partial charge on any atom is -0.481 e. The smallest absolute Gasteiger partial charge is 0.311 e. The molecular weight excluding hydrogens is 276 g/mol. The first-order valence-corrected chi connectivity index (χ1v) is 8.51. The molecule has 1 atom stereocenters. The second kappa shape index (κ2) is 6.80. The zero-order valence-corrected chi connectivity index (χ0v) is 12.8. The van der Waals surface area contributed by atoms with Gasteiger partial charge < -0.3 is 15.7 Å². The van der Waals surface area contributed by atoms with E-state index in [0.29, 0.717) is 18.8 Å². The van der Waals surface area contributed by atoms with Crippen LogP contribution >= 0.6 is 11.8 Å². The third-order valence-corrected chi connectivity index (χ3v) is 5.59. The van der Waals surface area contributed by atoms with Crippen molar-refractivity contribution < 1.29 is 14.7 Å². The molecule has 1 amide bonds. The van der Waals surface area contributed by atoms with Crippen molar-refractivity contribution in [1.29, 1.82) is 0 Å². The maximum Gasteiger partial charge on any atom is 0.311 e. The number of thioether (sulfide) groups is 1. The topological polar surface area (TPSA) is 78.4 Å². The Kier molecular flexibility index (Phi) is 5.32. The van der Waals surface area contributed by atoms with Crippen LogP contribution in [0.25, 0.3) is 0 Å². The SMILES string of the molecule is CC1CCC(CNC(=O)C2CSCCN2)(C(=O)O)CC1. The summed E-state index contributed by atoms with van der Waals surface area (Å²) < 4.78 is 0. The quantitative estimate of drug-likeness (QED) is 0.724. The van der Waals surface area contributed by atoms with Crippen LogP contribution in [0.3, 0.4) is 0 Å². The van der Waals surface area contributed by atoms with Crippen molar-refractivity contribution in [3.63, 3.8) is 0 Å². The van der Waals surface area contributed by atoms with Crippen LogP contribution in [-0.2, 0) is 9.59 Å². The standard InChI is InChI=1S/C14H24N2O3S/c1-10-2-4-14(5-3-10,13(18)19)9-16-12(17)11-8-20-7-6-15-11/h10-11,15H,2-9H2,1H3,(H,16,17)(H,18,19). The minimum atomic E-state index is -0.768. The van der Waals surface area contributed by atoms with E-state index in [9.17, 15) is 14.7 Å². The molecule has 1 saturated heterocycles. The van der Waals surface area contributed by atoms with Gasteiger partial charge in [0.25, 0.3) is 0 Å². The Labute approximate surface area is 124 Å². The molecule has 0 aromatic carbocycles. The number of nitrogens with one attached hydrogen (secondary N) is 2. The van der Waals surface area contributed by atoms with E-state index in [-0.39, 0.29) is 18.5 Å². The first kappa shape index (κ1) is 15.6. The van der Waals surface area contributed by atoms with E-state index in [1.54, 1.807) is 11.8 Å². The molecule has 6 heteroatoms. The molecule has 0 radical (unpaired) electrons. The van der Waals surface area contributed by atoms with E-state index in [4.69, 9.17) is 0 Å². The van der Waals surface area contributed by atoms with Crippen LogP contribution in [0.1, 0.15) is 32.6 Å². The number of carboxylic acids is 1. The highest BCUT2D eigenvalue weighted by Crippen LogP contribution is 2.38. The second-order valence-electron chi connectivity index (χ2n) is 6.07. The van der Waals surface area contributed by atoms with Gasteiger partial charge >= 0.3 is 5.97 Å². The first-order valence-electron chi connectivity index (χ1n) is 7.36. The molecule has 2 rings (SSSR count). The van der Waals surface area contributed by atoms with Crippen molar-refractivity contribution in [2.75, 3.05) is 24.6 Å². The summed E-state index contributed by atoms with van der Waals surface area (Å²) in [5.74, 6) is 1.56. The summed E-state index contributed by atoms with van der Waals surface area (Å²) >= 11 is 1.76. The zero-order valence-electron chi connectivity index (χ0n) is 12.0. The Bertz CT molecular complexity index is 361. The van der Waals surface area contributed by atoms with Crippen molar-refractivity contribution in [3.8, 4) is 0 Å². The monoisotopic (exact) mass is 300 g/mol. The van der Waals surface area contributed by atoms with Crippen LogP contribution in [0.2, 0.25) is 0 Å². The minimum absolute atomic E-state index is 0.0588. The highest BCUT2D eigenvalue weighted by Gasteiger charge is 2.41. The van der Waals surface area contributed by atoms with Gasteiger partial charge in [0.1, 0.15) is 0 Å². The molecular formula is C14H24N2O3S. The second-order valence-corrected chi connectivity index (χ2v) is 7.22. The predicted molar refractivity (Wildman–Crippen MR) is 79.8 cm³/mol. The normalized spacial score (nSPS) is 34.5. The lowest BCUT2D eigenvalue weighted by molar-refractivity contribution is -0.151. The van der Waals surface area contributed by atoms with Crippen LogP contribution in [0.5, 0.6) is 0 Å². The number of carboxylic acid groups (broad SMARTS) is 1. The Morgan fingerprint density at radius 1 is 1.40 bits per heavy atom. The number of hydrogen-bond acceptors (Lipinski definition) is 4. The fraction of sp³-hybridized carbons (Fsp3) is 0.857. The van der Waals surface area contributed by atoms with Crippen LogP contribution < -0.4 is 10.6 Å². The predicted octanol–water partition coefficient (Wildman–Crippen LogP) is 1.09. The number of rotatable bonds is 4. The lowest BCUT2D eigenvalue weighted by Crippen LogP contribution is -2.52. The van der Waals surface area contributed by atoms with E-state index in [2.05, 4.69) is 17.6 Å². The number of aliphatic carboxylic acids is 1. The van der Waals surface area contributed by atoms with Gasteiger partial charge in [0.2, 0.25) is 5.91 Å². The van der Waals surface area contributed by atoms with E-state index in [1.165, 1.54) is 0 Å². The van der Waals surface area contributed by atoms with Gasteiger partial charge in [0.05, 0.1) is 11.5 Å². The lowest BCUT2D eigenvalue weighted by Gasteiger charge is -2.36. The van der Waals surface area contributed by atoms with Crippen molar-refractivity contribution in [2.24, 2.45) is 11.3 Å². The van der Waals surface area contributed by atoms with Gasteiger partial charge in [-0.25, -0.2) is 0 Å². The van der Waals surface area contributed by atoms with Gasteiger partial charge in [-0.05, 0) is 31.6 Å². The van der Waals surface area contributed by atoms with E-state index < -0.39 is 11.4 Å². The molecule has 1 unspecified atom stereocenters. The number of carbonyl (C=O) groups excluding carboxylic acids is 1. The molecule has 5 nitrogen and oxygen atoms in total. The highest BCUT2D eigenvalue weighted by atomic mass is 32.2. The molecule has 1 aliphatic carbocycles. The molecule has 2 aliphatic rings. The largest absolute Gasteiger partial charge is 0.481 e. The summed E-state index contributed by atoms with van der Waals surface area (Å²) in [4.78, 5) is 23.7. The third kappa shape index (κ3) is 3.67. The van der Waals surface area contributed by atoms with Crippen molar-refractivity contribution in [2.45, 2.75) is 38.6 Å². The number of hydrogen-bond donors (Lipinski definition) is 3. The molecule has 1 heterocycles.